The smallest absolute Gasteiger partial charge is 0.226 e. The molecule has 28 heavy (non-hydrogen) atoms. The Hall–Kier alpha value is -1.71. The molecule has 0 spiro atoms. The van der Waals surface area contributed by atoms with E-state index in [0.717, 1.165) is 55.3 Å². The standard InChI is InChI=1S/C20H30FN5O.HI/c1-5-22-20(24-12-10-16-8-9-17(21)13-15(16)4)23-11-6-7-18-25-19(14(2)3)26-27-18;/h8-9,13-14H,5-7,10-12H2,1-4H3,(H2,22,23,24);1H. The van der Waals surface area contributed by atoms with E-state index in [4.69, 9.17) is 4.52 Å². The summed E-state index contributed by atoms with van der Waals surface area (Å²) in [5.74, 6) is 2.28. The van der Waals surface area contributed by atoms with Crippen molar-refractivity contribution in [3.8, 4) is 0 Å². The third-order valence-electron chi connectivity index (χ3n) is 4.15. The summed E-state index contributed by atoms with van der Waals surface area (Å²) in [4.78, 5) is 8.96. The van der Waals surface area contributed by atoms with Crippen molar-refractivity contribution < 1.29 is 8.91 Å². The maximum atomic E-state index is 13.2. The van der Waals surface area contributed by atoms with Gasteiger partial charge in [0.25, 0.3) is 0 Å². The Morgan fingerprint density at radius 3 is 2.68 bits per heavy atom. The van der Waals surface area contributed by atoms with Crippen molar-refractivity contribution in [1.29, 1.82) is 0 Å². The molecule has 1 aromatic carbocycles. The van der Waals surface area contributed by atoms with Gasteiger partial charge in [0.2, 0.25) is 5.89 Å². The van der Waals surface area contributed by atoms with Crippen molar-refractivity contribution in [3.63, 3.8) is 0 Å². The van der Waals surface area contributed by atoms with Crippen LogP contribution >= 0.6 is 24.0 Å². The average molecular weight is 503 g/mol. The van der Waals surface area contributed by atoms with Crippen LogP contribution in [0.25, 0.3) is 0 Å². The highest BCUT2D eigenvalue weighted by atomic mass is 127. The molecule has 2 aromatic rings. The monoisotopic (exact) mass is 503 g/mol. The SMILES string of the molecule is CCNC(=NCCCc1nc(C(C)C)no1)NCCc1ccc(F)cc1C.I. The van der Waals surface area contributed by atoms with E-state index in [0.29, 0.717) is 12.4 Å². The van der Waals surface area contributed by atoms with E-state index < -0.39 is 0 Å². The Balaban J connectivity index is 0.00000392. The van der Waals surface area contributed by atoms with Crippen molar-refractivity contribution in [2.75, 3.05) is 19.6 Å². The highest BCUT2D eigenvalue weighted by molar-refractivity contribution is 14.0. The molecule has 0 saturated carbocycles. The van der Waals surface area contributed by atoms with Crippen LogP contribution in [0.15, 0.2) is 27.7 Å². The Morgan fingerprint density at radius 1 is 1.25 bits per heavy atom. The first-order valence-electron chi connectivity index (χ1n) is 9.59. The lowest BCUT2D eigenvalue weighted by atomic mass is 10.1. The molecule has 6 nitrogen and oxygen atoms in total. The second-order valence-corrected chi connectivity index (χ2v) is 6.81. The Labute approximate surface area is 183 Å². The van der Waals surface area contributed by atoms with Crippen molar-refractivity contribution in [1.82, 2.24) is 20.8 Å². The van der Waals surface area contributed by atoms with Gasteiger partial charge in [-0.05, 0) is 49.9 Å². The lowest BCUT2D eigenvalue weighted by Gasteiger charge is -2.12. The number of nitrogens with one attached hydrogen (secondary N) is 2. The Kier molecular flexibility index (Phi) is 11.0. The van der Waals surface area contributed by atoms with E-state index in [1.165, 1.54) is 6.07 Å². The molecule has 156 valence electrons. The van der Waals surface area contributed by atoms with Gasteiger partial charge in [-0.3, -0.25) is 4.99 Å². The fourth-order valence-electron chi connectivity index (χ4n) is 2.62. The van der Waals surface area contributed by atoms with Crippen molar-refractivity contribution in [2.24, 2.45) is 4.99 Å². The third kappa shape index (κ3) is 8.12. The van der Waals surface area contributed by atoms with E-state index >= 15 is 0 Å². The number of halogens is 2. The van der Waals surface area contributed by atoms with Crippen LogP contribution < -0.4 is 10.6 Å². The van der Waals surface area contributed by atoms with Gasteiger partial charge in [-0.2, -0.15) is 4.98 Å². The minimum absolute atomic E-state index is 0. The number of rotatable bonds is 9. The molecule has 0 radical (unpaired) electrons. The van der Waals surface area contributed by atoms with Gasteiger partial charge >= 0.3 is 0 Å². The summed E-state index contributed by atoms with van der Waals surface area (Å²) >= 11 is 0. The normalized spacial score (nSPS) is 11.4. The number of aryl methyl sites for hydroxylation is 2. The second kappa shape index (κ2) is 12.7. The molecule has 0 aliphatic carbocycles. The fraction of sp³-hybridized carbons (Fsp3) is 0.550. The third-order valence-corrected chi connectivity index (χ3v) is 4.15. The first-order valence-corrected chi connectivity index (χ1v) is 9.59. The first-order chi connectivity index (χ1) is 13.0. The maximum absolute atomic E-state index is 13.2. The fourth-order valence-corrected chi connectivity index (χ4v) is 2.62. The first kappa shape index (κ1) is 24.3. The van der Waals surface area contributed by atoms with Gasteiger partial charge in [0.05, 0.1) is 0 Å². The summed E-state index contributed by atoms with van der Waals surface area (Å²) in [5, 5.41) is 10.5. The van der Waals surface area contributed by atoms with E-state index in [1.54, 1.807) is 6.07 Å². The largest absolute Gasteiger partial charge is 0.357 e. The van der Waals surface area contributed by atoms with Gasteiger partial charge in [0.1, 0.15) is 5.82 Å². The quantitative estimate of drug-likeness (QED) is 0.234. The van der Waals surface area contributed by atoms with Crippen LogP contribution in [0.2, 0.25) is 0 Å². The number of guanidine groups is 1. The molecule has 8 heteroatoms. The zero-order valence-corrected chi connectivity index (χ0v) is 19.4. The molecule has 1 heterocycles. The highest BCUT2D eigenvalue weighted by Gasteiger charge is 2.09. The lowest BCUT2D eigenvalue weighted by molar-refractivity contribution is 0.369. The Bertz CT molecular complexity index is 748. The van der Waals surface area contributed by atoms with E-state index in [-0.39, 0.29) is 35.7 Å². The number of nitrogens with zero attached hydrogens (tertiary/aromatic N) is 3. The predicted molar refractivity (Wildman–Crippen MR) is 121 cm³/mol. The zero-order valence-electron chi connectivity index (χ0n) is 17.1. The molecule has 0 bridgehead atoms. The number of aliphatic imine (C=N–C) groups is 1. The summed E-state index contributed by atoms with van der Waals surface area (Å²) in [6, 6.07) is 4.91. The van der Waals surface area contributed by atoms with Gasteiger partial charge in [0, 0.05) is 32.0 Å². The highest BCUT2D eigenvalue weighted by Crippen LogP contribution is 2.11. The number of benzene rings is 1. The van der Waals surface area contributed by atoms with Crippen LogP contribution in [-0.2, 0) is 12.8 Å². The molecule has 0 unspecified atom stereocenters. The molecule has 0 saturated heterocycles. The summed E-state index contributed by atoms with van der Waals surface area (Å²) in [6.45, 7) is 10.3. The number of hydrogen-bond acceptors (Lipinski definition) is 4. The zero-order chi connectivity index (χ0) is 19.6. The summed E-state index contributed by atoms with van der Waals surface area (Å²) in [7, 11) is 0. The summed E-state index contributed by atoms with van der Waals surface area (Å²) in [6.07, 6.45) is 2.38. The minimum atomic E-state index is -0.194. The van der Waals surface area contributed by atoms with Gasteiger partial charge in [-0.25, -0.2) is 4.39 Å². The molecular weight excluding hydrogens is 472 g/mol. The average Bonchev–Trinajstić information content (AvgIpc) is 3.09. The van der Waals surface area contributed by atoms with Crippen LogP contribution in [0.5, 0.6) is 0 Å². The molecule has 0 fully saturated rings. The molecule has 2 N–H and O–H groups in total. The van der Waals surface area contributed by atoms with E-state index in [9.17, 15) is 4.39 Å². The van der Waals surface area contributed by atoms with Crippen molar-refractivity contribution >= 4 is 29.9 Å². The predicted octanol–water partition coefficient (Wildman–Crippen LogP) is 3.99. The Morgan fingerprint density at radius 2 is 2.04 bits per heavy atom. The number of hydrogen-bond donors (Lipinski definition) is 2. The summed E-state index contributed by atoms with van der Waals surface area (Å²) in [5.41, 5.74) is 2.11. The van der Waals surface area contributed by atoms with E-state index in [2.05, 4.69) is 25.8 Å². The minimum Gasteiger partial charge on any atom is -0.357 e. The van der Waals surface area contributed by atoms with Crippen LogP contribution in [-0.4, -0.2) is 35.7 Å². The van der Waals surface area contributed by atoms with E-state index in [1.807, 2.05) is 33.8 Å². The molecule has 1 aromatic heterocycles. The molecule has 0 atom stereocenters. The van der Waals surface area contributed by atoms with Crippen LogP contribution in [0, 0.1) is 12.7 Å². The van der Waals surface area contributed by atoms with Crippen molar-refractivity contribution in [3.05, 3.63) is 46.9 Å². The number of aromatic nitrogens is 2. The molecule has 0 amide bonds. The van der Waals surface area contributed by atoms with Gasteiger partial charge in [-0.1, -0.05) is 25.1 Å². The van der Waals surface area contributed by atoms with Crippen LogP contribution in [0.4, 0.5) is 4.39 Å². The molecule has 2 rings (SSSR count). The maximum Gasteiger partial charge on any atom is 0.226 e. The lowest BCUT2D eigenvalue weighted by Crippen LogP contribution is -2.38. The summed E-state index contributed by atoms with van der Waals surface area (Å²) < 4.78 is 18.4. The topological polar surface area (TPSA) is 75.3 Å². The van der Waals surface area contributed by atoms with Gasteiger partial charge in [-0.15, -0.1) is 24.0 Å². The van der Waals surface area contributed by atoms with Gasteiger partial charge in [0.15, 0.2) is 11.8 Å². The molecule has 0 aliphatic heterocycles. The van der Waals surface area contributed by atoms with Crippen LogP contribution in [0.1, 0.15) is 56.0 Å². The van der Waals surface area contributed by atoms with Crippen molar-refractivity contribution in [2.45, 2.75) is 52.9 Å². The van der Waals surface area contributed by atoms with Crippen LogP contribution in [0.3, 0.4) is 0 Å². The van der Waals surface area contributed by atoms with Gasteiger partial charge < -0.3 is 15.2 Å². The second-order valence-electron chi connectivity index (χ2n) is 6.81. The molecular formula is C20H31FIN5O. The molecule has 0 aliphatic rings.